The van der Waals surface area contributed by atoms with Crippen LogP contribution in [0.15, 0.2) is 24.3 Å². The molecule has 0 aliphatic rings. The van der Waals surface area contributed by atoms with Gasteiger partial charge in [-0.2, -0.15) is 5.26 Å². The maximum atomic E-state index is 9.00. The van der Waals surface area contributed by atoms with Gasteiger partial charge < -0.3 is 4.74 Å². The number of benzene rings is 1. The Bertz CT molecular complexity index is 450. The molecule has 0 bridgehead atoms. The fourth-order valence-electron chi connectivity index (χ4n) is 2.99. The first-order valence-corrected chi connectivity index (χ1v) is 10.0. The summed E-state index contributed by atoms with van der Waals surface area (Å²) in [6.07, 6.45) is 17.6. The average Bonchev–Trinajstić information content (AvgIpc) is 2.62. The van der Waals surface area contributed by atoms with Crippen molar-refractivity contribution in [3.05, 3.63) is 29.8 Å². The van der Waals surface area contributed by atoms with Gasteiger partial charge in [-0.05, 0) is 18.6 Å². The van der Waals surface area contributed by atoms with Gasteiger partial charge in [0.1, 0.15) is 11.8 Å². The predicted octanol–water partition coefficient (Wildman–Crippen LogP) is 7.03. The van der Waals surface area contributed by atoms with Gasteiger partial charge in [0.25, 0.3) is 0 Å². The smallest absolute Gasteiger partial charge is 0.137 e. The Kier molecular flexibility index (Phi) is 12.9. The maximum absolute atomic E-state index is 9.00. The molecule has 0 fully saturated rings. The highest BCUT2D eigenvalue weighted by atomic mass is 16.5. The SMILES string of the molecule is CCCCCCCCCCCCCCCOc1ccccc1C#N. The van der Waals surface area contributed by atoms with E-state index >= 15 is 0 Å². The summed E-state index contributed by atoms with van der Waals surface area (Å²) >= 11 is 0. The Morgan fingerprint density at radius 1 is 0.750 bits per heavy atom. The number of nitrogens with zero attached hydrogens (tertiary/aromatic N) is 1. The van der Waals surface area contributed by atoms with Gasteiger partial charge >= 0.3 is 0 Å². The minimum absolute atomic E-state index is 0.632. The largest absolute Gasteiger partial charge is 0.492 e. The van der Waals surface area contributed by atoms with Crippen LogP contribution in [0.3, 0.4) is 0 Å². The van der Waals surface area contributed by atoms with Gasteiger partial charge in [0.05, 0.1) is 12.2 Å². The van der Waals surface area contributed by atoms with Crippen molar-refractivity contribution in [2.45, 2.75) is 90.4 Å². The molecule has 0 N–H and O–H groups in total. The molecule has 134 valence electrons. The molecule has 1 aromatic carbocycles. The molecule has 0 saturated carbocycles. The highest BCUT2D eigenvalue weighted by molar-refractivity contribution is 5.42. The topological polar surface area (TPSA) is 33.0 Å². The lowest BCUT2D eigenvalue weighted by atomic mass is 10.0. The van der Waals surface area contributed by atoms with Gasteiger partial charge in [0, 0.05) is 0 Å². The molecule has 0 saturated heterocycles. The molecule has 0 spiro atoms. The highest BCUT2D eigenvalue weighted by Gasteiger charge is 2.01. The van der Waals surface area contributed by atoms with Gasteiger partial charge in [-0.15, -0.1) is 0 Å². The third-order valence-electron chi connectivity index (χ3n) is 4.51. The standard InChI is InChI=1S/C22H35NO/c1-2-3-4-5-6-7-8-9-10-11-12-13-16-19-24-22-18-15-14-17-21(22)20-23/h14-15,17-18H,2-13,16,19H2,1H3. The first kappa shape index (κ1) is 20.6. The lowest BCUT2D eigenvalue weighted by Crippen LogP contribution is -1.98. The van der Waals surface area contributed by atoms with E-state index in [1.807, 2.05) is 18.2 Å². The van der Waals surface area contributed by atoms with Crippen molar-refractivity contribution in [1.82, 2.24) is 0 Å². The molecular weight excluding hydrogens is 294 g/mol. The molecule has 0 aliphatic heterocycles. The number of rotatable bonds is 15. The quantitative estimate of drug-likeness (QED) is 0.324. The summed E-state index contributed by atoms with van der Waals surface area (Å²) in [6.45, 7) is 2.99. The minimum Gasteiger partial charge on any atom is -0.492 e. The van der Waals surface area contributed by atoms with Crippen LogP contribution in [-0.2, 0) is 0 Å². The molecule has 0 heterocycles. The average molecular weight is 330 g/mol. The van der Waals surface area contributed by atoms with Gasteiger partial charge in [-0.1, -0.05) is 96.1 Å². The van der Waals surface area contributed by atoms with E-state index in [9.17, 15) is 0 Å². The highest BCUT2D eigenvalue weighted by Crippen LogP contribution is 2.17. The summed E-state index contributed by atoms with van der Waals surface area (Å²) in [6, 6.07) is 9.64. The van der Waals surface area contributed by atoms with Crippen molar-refractivity contribution in [3.63, 3.8) is 0 Å². The van der Waals surface area contributed by atoms with Crippen molar-refractivity contribution in [2.24, 2.45) is 0 Å². The lowest BCUT2D eigenvalue weighted by molar-refractivity contribution is 0.303. The summed E-state index contributed by atoms with van der Waals surface area (Å²) in [7, 11) is 0. The monoisotopic (exact) mass is 329 g/mol. The number of ether oxygens (including phenoxy) is 1. The van der Waals surface area contributed by atoms with Crippen LogP contribution in [-0.4, -0.2) is 6.61 Å². The van der Waals surface area contributed by atoms with E-state index in [0.29, 0.717) is 5.56 Å². The molecule has 0 aromatic heterocycles. The fourth-order valence-corrected chi connectivity index (χ4v) is 2.99. The Morgan fingerprint density at radius 2 is 1.25 bits per heavy atom. The first-order valence-electron chi connectivity index (χ1n) is 10.0. The Balaban J connectivity index is 1.85. The van der Waals surface area contributed by atoms with E-state index in [1.54, 1.807) is 6.07 Å². The van der Waals surface area contributed by atoms with Gasteiger partial charge in [-0.25, -0.2) is 0 Å². The lowest BCUT2D eigenvalue weighted by Gasteiger charge is -2.07. The van der Waals surface area contributed by atoms with E-state index in [2.05, 4.69) is 13.0 Å². The number of hydrogen-bond acceptors (Lipinski definition) is 2. The van der Waals surface area contributed by atoms with E-state index < -0.39 is 0 Å². The zero-order chi connectivity index (χ0) is 17.3. The zero-order valence-electron chi connectivity index (χ0n) is 15.6. The van der Waals surface area contributed by atoms with Crippen LogP contribution in [0, 0.1) is 11.3 Å². The molecule has 0 unspecified atom stereocenters. The van der Waals surface area contributed by atoms with Crippen LogP contribution < -0.4 is 4.74 Å². The van der Waals surface area contributed by atoms with Crippen LogP contribution in [0.1, 0.15) is 96.0 Å². The summed E-state index contributed by atoms with van der Waals surface area (Å²) in [5.74, 6) is 0.721. The van der Waals surface area contributed by atoms with Crippen LogP contribution in [0.25, 0.3) is 0 Å². The van der Waals surface area contributed by atoms with Crippen LogP contribution in [0.2, 0.25) is 0 Å². The Labute approximate surface area is 149 Å². The number of nitriles is 1. The maximum Gasteiger partial charge on any atom is 0.137 e. The zero-order valence-corrected chi connectivity index (χ0v) is 15.6. The van der Waals surface area contributed by atoms with Gasteiger partial charge in [-0.3, -0.25) is 0 Å². The molecule has 0 radical (unpaired) electrons. The Morgan fingerprint density at radius 3 is 1.79 bits per heavy atom. The second-order valence-corrected chi connectivity index (χ2v) is 6.70. The third-order valence-corrected chi connectivity index (χ3v) is 4.51. The van der Waals surface area contributed by atoms with Gasteiger partial charge in [0.15, 0.2) is 0 Å². The molecule has 0 amide bonds. The van der Waals surface area contributed by atoms with Crippen LogP contribution >= 0.6 is 0 Å². The molecule has 1 rings (SSSR count). The second kappa shape index (κ2) is 15.1. The summed E-state index contributed by atoms with van der Waals surface area (Å²) in [5, 5.41) is 9.00. The molecule has 0 atom stereocenters. The molecule has 2 nitrogen and oxygen atoms in total. The third kappa shape index (κ3) is 10.3. The van der Waals surface area contributed by atoms with Crippen molar-refractivity contribution >= 4 is 0 Å². The van der Waals surface area contributed by atoms with Gasteiger partial charge in [0.2, 0.25) is 0 Å². The van der Waals surface area contributed by atoms with Crippen molar-refractivity contribution in [3.8, 4) is 11.8 Å². The number of hydrogen-bond donors (Lipinski definition) is 0. The van der Waals surface area contributed by atoms with Crippen LogP contribution in [0.5, 0.6) is 5.75 Å². The van der Waals surface area contributed by atoms with Crippen molar-refractivity contribution < 1.29 is 4.74 Å². The number of para-hydroxylation sites is 1. The van der Waals surface area contributed by atoms with Crippen LogP contribution in [0.4, 0.5) is 0 Å². The van der Waals surface area contributed by atoms with E-state index in [4.69, 9.17) is 10.00 Å². The first-order chi connectivity index (χ1) is 11.9. The molecule has 24 heavy (non-hydrogen) atoms. The number of unbranched alkanes of at least 4 members (excludes halogenated alkanes) is 12. The van der Waals surface area contributed by atoms with E-state index in [-0.39, 0.29) is 0 Å². The van der Waals surface area contributed by atoms with Crippen molar-refractivity contribution in [2.75, 3.05) is 6.61 Å². The molecule has 1 aromatic rings. The summed E-state index contributed by atoms with van der Waals surface area (Å²) in [4.78, 5) is 0. The Hall–Kier alpha value is -1.49. The van der Waals surface area contributed by atoms with E-state index in [1.165, 1.54) is 77.0 Å². The van der Waals surface area contributed by atoms with Crippen molar-refractivity contribution in [1.29, 1.82) is 5.26 Å². The van der Waals surface area contributed by atoms with E-state index in [0.717, 1.165) is 18.8 Å². The molecule has 0 aliphatic carbocycles. The summed E-state index contributed by atoms with van der Waals surface area (Å²) < 4.78 is 5.71. The molecule has 2 heteroatoms. The fraction of sp³-hybridized carbons (Fsp3) is 0.682. The molecular formula is C22H35NO. The second-order valence-electron chi connectivity index (χ2n) is 6.70. The normalized spacial score (nSPS) is 10.5. The predicted molar refractivity (Wildman–Crippen MR) is 102 cm³/mol. The minimum atomic E-state index is 0.632. The summed E-state index contributed by atoms with van der Waals surface area (Å²) in [5.41, 5.74) is 0.632.